The Bertz CT molecular complexity index is 254. The monoisotopic (exact) mass is 257 g/mol. The summed E-state index contributed by atoms with van der Waals surface area (Å²) in [6.07, 6.45) is 5.06. The summed E-state index contributed by atoms with van der Waals surface area (Å²) >= 11 is 0. The molecule has 1 saturated carbocycles. The third kappa shape index (κ3) is 3.69. The zero-order valence-electron chi connectivity index (χ0n) is 11.7. The minimum absolute atomic E-state index is 0.0382. The van der Waals surface area contributed by atoms with Gasteiger partial charge in [-0.3, -0.25) is 4.79 Å². The highest BCUT2D eigenvalue weighted by Crippen LogP contribution is 2.44. The molecule has 4 heteroatoms. The van der Waals surface area contributed by atoms with Crippen molar-refractivity contribution < 1.29 is 15.0 Å². The molecule has 0 unspecified atom stereocenters. The maximum Gasteiger partial charge on any atom is 0.228 e. The van der Waals surface area contributed by atoms with Crippen LogP contribution in [0.3, 0.4) is 0 Å². The first-order chi connectivity index (χ1) is 8.55. The molecule has 0 atom stereocenters. The van der Waals surface area contributed by atoms with Crippen LogP contribution < -0.4 is 0 Å². The Morgan fingerprint density at radius 2 is 1.67 bits per heavy atom. The van der Waals surface area contributed by atoms with Crippen LogP contribution in [0, 0.1) is 11.3 Å². The van der Waals surface area contributed by atoms with Gasteiger partial charge in [-0.1, -0.05) is 26.7 Å². The molecule has 1 aliphatic rings. The van der Waals surface area contributed by atoms with Crippen LogP contribution >= 0.6 is 0 Å². The van der Waals surface area contributed by atoms with E-state index in [-0.39, 0.29) is 24.5 Å². The molecule has 1 amide bonds. The van der Waals surface area contributed by atoms with Crippen molar-refractivity contribution in [3.8, 4) is 0 Å². The van der Waals surface area contributed by atoms with Gasteiger partial charge in [0, 0.05) is 18.5 Å². The third-order valence-electron chi connectivity index (χ3n) is 3.84. The number of carbonyl (C=O) groups excluding carboxylic acids is 1. The highest BCUT2D eigenvalue weighted by atomic mass is 16.3. The Hall–Kier alpha value is -0.610. The summed E-state index contributed by atoms with van der Waals surface area (Å²) in [5.41, 5.74) is -0.238. The molecule has 4 nitrogen and oxygen atoms in total. The minimum Gasteiger partial charge on any atom is -0.395 e. The fourth-order valence-electron chi connectivity index (χ4n) is 3.23. The lowest BCUT2D eigenvalue weighted by Crippen LogP contribution is -2.45. The van der Waals surface area contributed by atoms with Crippen molar-refractivity contribution in [1.29, 1.82) is 0 Å². The highest BCUT2D eigenvalue weighted by Gasteiger charge is 2.43. The standard InChI is InChI=1S/C14H27NO3/c1-12(2)11-14(5-3-4-6-14)13(18)15(7-9-16)8-10-17/h12,16-17H,3-11H2,1-2H3. The molecule has 0 saturated heterocycles. The Morgan fingerprint density at radius 1 is 1.17 bits per heavy atom. The Labute approximate surface area is 110 Å². The summed E-state index contributed by atoms with van der Waals surface area (Å²) in [5.74, 6) is 0.633. The van der Waals surface area contributed by atoms with E-state index in [2.05, 4.69) is 13.8 Å². The van der Waals surface area contributed by atoms with Crippen molar-refractivity contribution in [3.63, 3.8) is 0 Å². The second-order valence-electron chi connectivity index (χ2n) is 5.82. The first kappa shape index (κ1) is 15.4. The number of rotatable bonds is 7. The number of nitrogens with zero attached hydrogens (tertiary/aromatic N) is 1. The van der Waals surface area contributed by atoms with Gasteiger partial charge >= 0.3 is 0 Å². The molecule has 0 bridgehead atoms. The molecule has 106 valence electrons. The van der Waals surface area contributed by atoms with E-state index < -0.39 is 0 Å². The first-order valence-corrected chi connectivity index (χ1v) is 7.07. The predicted octanol–water partition coefficient (Wildman–Crippen LogP) is 1.41. The quantitative estimate of drug-likeness (QED) is 0.725. The zero-order chi connectivity index (χ0) is 13.6. The molecule has 0 radical (unpaired) electrons. The fraction of sp³-hybridized carbons (Fsp3) is 0.929. The van der Waals surface area contributed by atoms with E-state index in [1.807, 2.05) is 0 Å². The van der Waals surface area contributed by atoms with Gasteiger partial charge in [0.05, 0.1) is 13.2 Å². The lowest BCUT2D eigenvalue weighted by molar-refractivity contribution is -0.144. The van der Waals surface area contributed by atoms with Gasteiger partial charge in [-0.05, 0) is 25.2 Å². The number of hydrogen-bond donors (Lipinski definition) is 2. The Morgan fingerprint density at radius 3 is 2.06 bits per heavy atom. The van der Waals surface area contributed by atoms with E-state index in [0.29, 0.717) is 19.0 Å². The maximum atomic E-state index is 12.7. The summed E-state index contributed by atoms with van der Waals surface area (Å²) in [7, 11) is 0. The second kappa shape index (κ2) is 7.10. The summed E-state index contributed by atoms with van der Waals surface area (Å²) in [4.78, 5) is 14.3. The Kier molecular flexibility index (Phi) is 6.09. The summed E-state index contributed by atoms with van der Waals surface area (Å²) in [6.45, 7) is 4.89. The number of hydrogen-bond acceptors (Lipinski definition) is 3. The van der Waals surface area contributed by atoms with Crippen molar-refractivity contribution in [2.75, 3.05) is 26.3 Å². The normalized spacial score (nSPS) is 18.3. The van der Waals surface area contributed by atoms with Gasteiger partial charge in [0.25, 0.3) is 0 Å². The van der Waals surface area contributed by atoms with E-state index in [1.54, 1.807) is 4.90 Å². The summed E-state index contributed by atoms with van der Waals surface area (Å²) < 4.78 is 0. The van der Waals surface area contributed by atoms with Crippen LogP contribution in [-0.4, -0.2) is 47.3 Å². The zero-order valence-corrected chi connectivity index (χ0v) is 11.7. The predicted molar refractivity (Wildman–Crippen MR) is 71.1 cm³/mol. The van der Waals surface area contributed by atoms with Crippen LogP contribution in [0.15, 0.2) is 0 Å². The van der Waals surface area contributed by atoms with Crippen LogP contribution in [0.4, 0.5) is 0 Å². The number of aliphatic hydroxyl groups is 2. The molecule has 18 heavy (non-hydrogen) atoms. The van der Waals surface area contributed by atoms with Crippen molar-refractivity contribution in [2.24, 2.45) is 11.3 Å². The van der Waals surface area contributed by atoms with Crippen LogP contribution in [0.1, 0.15) is 46.0 Å². The molecular formula is C14H27NO3. The topological polar surface area (TPSA) is 60.8 Å². The summed E-state index contributed by atoms with van der Waals surface area (Å²) in [6, 6.07) is 0. The van der Waals surface area contributed by atoms with Gasteiger partial charge in [0.2, 0.25) is 5.91 Å². The number of carbonyl (C=O) groups is 1. The van der Waals surface area contributed by atoms with Crippen molar-refractivity contribution in [2.45, 2.75) is 46.0 Å². The molecule has 1 rings (SSSR count). The van der Waals surface area contributed by atoms with Gasteiger partial charge in [-0.25, -0.2) is 0 Å². The lowest BCUT2D eigenvalue weighted by Gasteiger charge is -2.35. The highest BCUT2D eigenvalue weighted by molar-refractivity contribution is 5.83. The van der Waals surface area contributed by atoms with Crippen molar-refractivity contribution in [3.05, 3.63) is 0 Å². The average molecular weight is 257 g/mol. The molecule has 0 aromatic carbocycles. The van der Waals surface area contributed by atoms with Crippen molar-refractivity contribution in [1.82, 2.24) is 4.90 Å². The van der Waals surface area contributed by atoms with E-state index in [0.717, 1.165) is 32.1 Å². The first-order valence-electron chi connectivity index (χ1n) is 7.07. The molecule has 0 aromatic rings. The summed E-state index contributed by atoms with van der Waals surface area (Å²) in [5, 5.41) is 18.1. The SMILES string of the molecule is CC(C)CC1(C(=O)N(CCO)CCO)CCCC1. The van der Waals surface area contributed by atoms with Gasteiger partial charge in [-0.2, -0.15) is 0 Å². The molecule has 0 aliphatic heterocycles. The van der Waals surface area contributed by atoms with Crippen LogP contribution in [-0.2, 0) is 4.79 Å². The average Bonchev–Trinajstić information content (AvgIpc) is 2.76. The molecule has 1 aliphatic carbocycles. The van der Waals surface area contributed by atoms with Crippen LogP contribution in [0.2, 0.25) is 0 Å². The van der Waals surface area contributed by atoms with Gasteiger partial charge in [0.15, 0.2) is 0 Å². The van der Waals surface area contributed by atoms with Crippen molar-refractivity contribution >= 4 is 5.91 Å². The lowest BCUT2D eigenvalue weighted by atomic mass is 9.77. The van der Waals surface area contributed by atoms with Crippen LogP contribution in [0.5, 0.6) is 0 Å². The van der Waals surface area contributed by atoms with Crippen LogP contribution in [0.25, 0.3) is 0 Å². The fourth-order valence-corrected chi connectivity index (χ4v) is 3.23. The largest absolute Gasteiger partial charge is 0.395 e. The molecule has 0 aromatic heterocycles. The molecule has 0 spiro atoms. The number of aliphatic hydroxyl groups excluding tert-OH is 2. The van der Waals surface area contributed by atoms with Gasteiger partial charge in [0.1, 0.15) is 0 Å². The second-order valence-corrected chi connectivity index (χ2v) is 5.82. The number of amides is 1. The Balaban J connectivity index is 2.79. The van der Waals surface area contributed by atoms with E-state index in [9.17, 15) is 4.79 Å². The van der Waals surface area contributed by atoms with E-state index in [4.69, 9.17) is 10.2 Å². The van der Waals surface area contributed by atoms with Gasteiger partial charge in [-0.15, -0.1) is 0 Å². The smallest absolute Gasteiger partial charge is 0.228 e. The van der Waals surface area contributed by atoms with E-state index in [1.165, 1.54) is 0 Å². The van der Waals surface area contributed by atoms with E-state index >= 15 is 0 Å². The molecule has 0 heterocycles. The molecule has 2 N–H and O–H groups in total. The third-order valence-corrected chi connectivity index (χ3v) is 3.84. The molecule has 1 fully saturated rings. The maximum absolute atomic E-state index is 12.7. The molecular weight excluding hydrogens is 230 g/mol. The van der Waals surface area contributed by atoms with Gasteiger partial charge < -0.3 is 15.1 Å². The minimum atomic E-state index is -0.238.